The maximum absolute atomic E-state index is 12.3. The SMILES string of the molecule is C\C=C/C(=C\C=C\NC(=O)C1(N)CCCC1)C(=O)N/C=C(N)/C=C\C(C)=C/C.Fc1ccccc1. The summed E-state index contributed by atoms with van der Waals surface area (Å²) in [4.78, 5) is 24.5. The van der Waals surface area contributed by atoms with Gasteiger partial charge in [0.2, 0.25) is 5.91 Å². The Balaban J connectivity index is 0.000000744. The van der Waals surface area contributed by atoms with Crippen molar-refractivity contribution in [2.24, 2.45) is 11.5 Å². The normalized spacial score (nSPS) is 16.4. The first-order valence-electron chi connectivity index (χ1n) is 11.6. The molecule has 0 saturated heterocycles. The van der Waals surface area contributed by atoms with Gasteiger partial charge in [0, 0.05) is 23.7 Å². The smallest absolute Gasteiger partial charge is 0.255 e. The zero-order valence-electron chi connectivity index (χ0n) is 20.8. The molecule has 6 nitrogen and oxygen atoms in total. The molecule has 188 valence electrons. The van der Waals surface area contributed by atoms with E-state index in [9.17, 15) is 14.0 Å². The molecule has 0 unspecified atom stereocenters. The molecular formula is C28H37FN4O2. The molecular weight excluding hydrogens is 443 g/mol. The summed E-state index contributed by atoms with van der Waals surface area (Å²) in [5, 5.41) is 5.35. The summed E-state index contributed by atoms with van der Waals surface area (Å²) >= 11 is 0. The number of carbonyl (C=O) groups excluding carboxylic acids is 2. The lowest BCUT2D eigenvalue weighted by atomic mass is 9.98. The fourth-order valence-electron chi connectivity index (χ4n) is 3.06. The van der Waals surface area contributed by atoms with Gasteiger partial charge in [-0.3, -0.25) is 9.59 Å². The summed E-state index contributed by atoms with van der Waals surface area (Å²) in [5.74, 6) is -0.674. The largest absolute Gasteiger partial charge is 0.398 e. The number of allylic oxidation sites excluding steroid dienone is 7. The second-order valence-corrected chi connectivity index (χ2v) is 8.10. The predicted octanol–water partition coefficient (Wildman–Crippen LogP) is 4.65. The van der Waals surface area contributed by atoms with Gasteiger partial charge in [-0.1, -0.05) is 60.9 Å². The highest BCUT2D eigenvalue weighted by Gasteiger charge is 2.36. The van der Waals surface area contributed by atoms with Crippen molar-refractivity contribution < 1.29 is 14.0 Å². The van der Waals surface area contributed by atoms with Crippen molar-refractivity contribution in [3.63, 3.8) is 0 Å². The Morgan fingerprint density at radius 1 is 1.03 bits per heavy atom. The lowest BCUT2D eigenvalue weighted by Gasteiger charge is -2.20. The number of carbonyl (C=O) groups is 2. The van der Waals surface area contributed by atoms with Crippen LogP contribution < -0.4 is 22.1 Å². The van der Waals surface area contributed by atoms with Crippen molar-refractivity contribution in [3.05, 3.63) is 108 Å². The molecule has 1 aromatic carbocycles. The standard InChI is InChI=1S/C22H32N4O2.C6H5F/c1-4-9-18(20(27)26-16-19(23)12-11-17(3)5-2)10-8-15-25-21(28)22(24)13-6-7-14-22;7-6-4-2-1-3-5-6/h4-5,8-12,15-16H,6-7,13-14,23-24H2,1-3H3,(H,25,28)(H,26,27);1-5H/b9-4-,12-11-,15-8+,17-5-,18-10+,19-16-;. The number of halogens is 1. The minimum Gasteiger partial charge on any atom is -0.398 e. The molecule has 0 atom stereocenters. The average Bonchev–Trinajstić information content (AvgIpc) is 3.31. The summed E-state index contributed by atoms with van der Waals surface area (Å²) in [6.45, 7) is 5.71. The number of rotatable bonds is 8. The van der Waals surface area contributed by atoms with Crippen LogP contribution in [0.2, 0.25) is 0 Å². The molecule has 1 aromatic rings. The fourth-order valence-corrected chi connectivity index (χ4v) is 3.06. The molecule has 1 fully saturated rings. The molecule has 0 spiro atoms. The molecule has 0 aromatic heterocycles. The highest BCUT2D eigenvalue weighted by atomic mass is 19.1. The van der Waals surface area contributed by atoms with Crippen molar-refractivity contribution in [1.29, 1.82) is 0 Å². The third kappa shape index (κ3) is 11.8. The van der Waals surface area contributed by atoms with Crippen LogP contribution in [0.15, 0.2) is 102 Å². The first-order chi connectivity index (χ1) is 16.7. The maximum Gasteiger partial charge on any atom is 0.255 e. The third-order valence-corrected chi connectivity index (χ3v) is 5.24. The van der Waals surface area contributed by atoms with Crippen LogP contribution >= 0.6 is 0 Å². The van der Waals surface area contributed by atoms with Crippen molar-refractivity contribution in [2.75, 3.05) is 0 Å². The summed E-state index contributed by atoms with van der Waals surface area (Å²) in [6.07, 6.45) is 18.5. The van der Waals surface area contributed by atoms with Crippen molar-refractivity contribution in [2.45, 2.75) is 52.0 Å². The second kappa shape index (κ2) is 16.0. The average molecular weight is 481 g/mol. The van der Waals surface area contributed by atoms with Gasteiger partial charge in [0.1, 0.15) is 5.82 Å². The fraction of sp³-hybridized carbons (Fsp3) is 0.286. The van der Waals surface area contributed by atoms with Crippen LogP contribution in [0.1, 0.15) is 46.5 Å². The lowest BCUT2D eigenvalue weighted by Crippen LogP contribution is -2.50. The van der Waals surface area contributed by atoms with E-state index in [-0.39, 0.29) is 17.6 Å². The first-order valence-corrected chi connectivity index (χ1v) is 11.6. The molecule has 0 bridgehead atoms. The highest BCUT2D eigenvalue weighted by Crippen LogP contribution is 2.27. The molecule has 2 rings (SSSR count). The molecule has 6 N–H and O–H groups in total. The number of nitrogens with two attached hydrogens (primary N) is 2. The van der Waals surface area contributed by atoms with E-state index >= 15 is 0 Å². The van der Waals surface area contributed by atoms with Crippen molar-refractivity contribution in [3.8, 4) is 0 Å². The van der Waals surface area contributed by atoms with Gasteiger partial charge in [-0.2, -0.15) is 0 Å². The van der Waals surface area contributed by atoms with Gasteiger partial charge in [0.25, 0.3) is 5.91 Å². The van der Waals surface area contributed by atoms with E-state index in [1.54, 1.807) is 48.6 Å². The van der Waals surface area contributed by atoms with E-state index in [1.165, 1.54) is 24.5 Å². The number of benzene rings is 1. The van der Waals surface area contributed by atoms with Gasteiger partial charge in [-0.05, 0) is 64.0 Å². The van der Waals surface area contributed by atoms with Gasteiger partial charge < -0.3 is 22.1 Å². The van der Waals surface area contributed by atoms with E-state index in [0.29, 0.717) is 24.1 Å². The van der Waals surface area contributed by atoms with E-state index in [4.69, 9.17) is 11.5 Å². The second-order valence-electron chi connectivity index (χ2n) is 8.10. The van der Waals surface area contributed by atoms with E-state index in [0.717, 1.165) is 18.4 Å². The summed E-state index contributed by atoms with van der Waals surface area (Å²) in [7, 11) is 0. The predicted molar refractivity (Wildman–Crippen MR) is 141 cm³/mol. The quantitative estimate of drug-likeness (QED) is 0.320. The highest BCUT2D eigenvalue weighted by molar-refractivity contribution is 5.97. The van der Waals surface area contributed by atoms with E-state index in [2.05, 4.69) is 10.6 Å². The van der Waals surface area contributed by atoms with Crippen LogP contribution in [0, 0.1) is 5.82 Å². The minimum absolute atomic E-state index is 0.178. The molecule has 7 heteroatoms. The molecule has 0 radical (unpaired) electrons. The lowest BCUT2D eigenvalue weighted by molar-refractivity contribution is -0.125. The van der Waals surface area contributed by atoms with Crippen LogP contribution in [-0.2, 0) is 9.59 Å². The zero-order valence-corrected chi connectivity index (χ0v) is 20.8. The van der Waals surface area contributed by atoms with Crippen LogP contribution in [0.4, 0.5) is 4.39 Å². The minimum atomic E-state index is -0.779. The van der Waals surface area contributed by atoms with Crippen LogP contribution in [0.5, 0.6) is 0 Å². The summed E-state index contributed by atoms with van der Waals surface area (Å²) < 4.78 is 11.9. The molecule has 1 aliphatic carbocycles. The molecule has 0 aliphatic heterocycles. The molecule has 35 heavy (non-hydrogen) atoms. The number of hydrogen-bond acceptors (Lipinski definition) is 4. The Bertz CT molecular complexity index is 999. The van der Waals surface area contributed by atoms with Crippen molar-refractivity contribution >= 4 is 11.8 Å². The topological polar surface area (TPSA) is 110 Å². The number of amides is 2. The van der Waals surface area contributed by atoms with Gasteiger partial charge in [-0.25, -0.2) is 4.39 Å². The van der Waals surface area contributed by atoms with Gasteiger partial charge in [-0.15, -0.1) is 0 Å². The Kier molecular flexibility index (Phi) is 13.4. The van der Waals surface area contributed by atoms with Crippen LogP contribution in [0.3, 0.4) is 0 Å². The molecule has 0 heterocycles. The third-order valence-electron chi connectivity index (χ3n) is 5.24. The number of hydrogen-bond donors (Lipinski definition) is 4. The Labute approximate surface area is 208 Å². The van der Waals surface area contributed by atoms with Gasteiger partial charge in [0.05, 0.1) is 5.54 Å². The molecule has 2 amide bonds. The van der Waals surface area contributed by atoms with Crippen LogP contribution in [-0.4, -0.2) is 17.4 Å². The summed E-state index contributed by atoms with van der Waals surface area (Å²) in [5.41, 5.74) is 13.1. The monoisotopic (exact) mass is 480 g/mol. The Morgan fingerprint density at radius 2 is 1.69 bits per heavy atom. The van der Waals surface area contributed by atoms with E-state index in [1.807, 2.05) is 32.9 Å². The molecule has 1 saturated carbocycles. The Hall–Kier alpha value is -3.71. The number of nitrogens with one attached hydrogen (secondary N) is 2. The van der Waals surface area contributed by atoms with Gasteiger partial charge >= 0.3 is 0 Å². The molecule has 1 aliphatic rings. The zero-order chi connectivity index (χ0) is 26.1. The van der Waals surface area contributed by atoms with Crippen LogP contribution in [0.25, 0.3) is 0 Å². The first kappa shape index (κ1) is 29.3. The van der Waals surface area contributed by atoms with Crippen molar-refractivity contribution in [1.82, 2.24) is 10.6 Å². The maximum atomic E-state index is 12.3. The van der Waals surface area contributed by atoms with Gasteiger partial charge in [0.15, 0.2) is 0 Å². The Morgan fingerprint density at radius 3 is 2.23 bits per heavy atom. The summed E-state index contributed by atoms with van der Waals surface area (Å²) in [6, 6.07) is 7.94. The van der Waals surface area contributed by atoms with E-state index < -0.39 is 5.54 Å².